The monoisotopic (exact) mass is 231 g/mol. The zero-order chi connectivity index (χ0) is 11.4. The molecule has 0 fully saturated rings. The summed E-state index contributed by atoms with van der Waals surface area (Å²) in [6.07, 6.45) is 0. The third-order valence-electron chi connectivity index (χ3n) is 2.34. The summed E-state index contributed by atoms with van der Waals surface area (Å²) in [4.78, 5) is 0. The molecule has 0 spiro atoms. The highest BCUT2D eigenvalue weighted by molar-refractivity contribution is 6.31. The first-order chi connectivity index (χ1) is 7.10. The Kier molecular flexibility index (Phi) is 4.57. The van der Waals surface area contributed by atoms with Gasteiger partial charge < -0.3 is 10.4 Å². The van der Waals surface area contributed by atoms with Crippen molar-refractivity contribution < 1.29 is 5.11 Å². The van der Waals surface area contributed by atoms with E-state index < -0.39 is 0 Å². The average molecular weight is 232 g/mol. The summed E-state index contributed by atoms with van der Waals surface area (Å²) in [5.41, 5.74) is 1.84. The van der Waals surface area contributed by atoms with E-state index in [-0.39, 0.29) is 12.6 Å². The average Bonchev–Trinajstić information content (AvgIpc) is 2.52. The highest BCUT2D eigenvalue weighted by atomic mass is 35.5. The molecule has 0 bridgehead atoms. The Morgan fingerprint density at radius 1 is 1.60 bits per heavy atom. The van der Waals surface area contributed by atoms with Crippen LogP contribution in [0.15, 0.2) is 0 Å². The number of rotatable bonds is 5. The molecule has 5 heteroatoms. The predicted molar refractivity (Wildman–Crippen MR) is 61.0 cm³/mol. The van der Waals surface area contributed by atoms with Crippen LogP contribution in [0.25, 0.3) is 0 Å². The van der Waals surface area contributed by atoms with Crippen molar-refractivity contribution in [3.8, 4) is 0 Å². The Morgan fingerprint density at radius 3 is 2.80 bits per heavy atom. The lowest BCUT2D eigenvalue weighted by molar-refractivity contribution is 0.250. The van der Waals surface area contributed by atoms with Gasteiger partial charge in [-0.2, -0.15) is 5.10 Å². The molecular weight excluding hydrogens is 214 g/mol. The first-order valence-electron chi connectivity index (χ1n) is 5.16. The molecule has 4 nitrogen and oxygen atoms in total. The van der Waals surface area contributed by atoms with E-state index in [0.29, 0.717) is 6.54 Å². The van der Waals surface area contributed by atoms with Crippen molar-refractivity contribution in [2.45, 2.75) is 39.9 Å². The summed E-state index contributed by atoms with van der Waals surface area (Å²) < 4.78 is 1.88. The van der Waals surface area contributed by atoms with Gasteiger partial charge in [-0.05, 0) is 20.8 Å². The maximum absolute atomic E-state index is 8.90. The molecule has 0 saturated heterocycles. The molecule has 0 aliphatic heterocycles. The molecule has 15 heavy (non-hydrogen) atoms. The van der Waals surface area contributed by atoms with Crippen LogP contribution in [0, 0.1) is 6.92 Å². The fourth-order valence-electron chi connectivity index (χ4n) is 1.37. The Bertz CT molecular complexity index is 325. The van der Waals surface area contributed by atoms with Crippen LogP contribution in [0.2, 0.25) is 5.02 Å². The molecule has 1 rings (SSSR count). The van der Waals surface area contributed by atoms with Crippen LogP contribution in [0.1, 0.15) is 25.2 Å². The van der Waals surface area contributed by atoms with Gasteiger partial charge in [0.25, 0.3) is 0 Å². The van der Waals surface area contributed by atoms with Gasteiger partial charge in [-0.3, -0.25) is 4.68 Å². The Balaban J connectivity index is 2.74. The second-order valence-corrected chi connectivity index (χ2v) is 4.00. The molecule has 0 aliphatic rings. The molecule has 0 amide bonds. The van der Waals surface area contributed by atoms with E-state index in [4.69, 9.17) is 16.7 Å². The zero-order valence-corrected chi connectivity index (χ0v) is 10.2. The van der Waals surface area contributed by atoms with Crippen molar-refractivity contribution in [2.24, 2.45) is 0 Å². The van der Waals surface area contributed by atoms with Gasteiger partial charge in [0.1, 0.15) is 0 Å². The SMILES string of the molecule is CCn1nc(C)c(Cl)c1CNC(C)CO. The third kappa shape index (κ3) is 2.93. The molecule has 2 N–H and O–H groups in total. The van der Waals surface area contributed by atoms with Crippen LogP contribution in [-0.4, -0.2) is 27.5 Å². The molecular formula is C10H18ClN3O. The summed E-state index contributed by atoms with van der Waals surface area (Å²) in [5.74, 6) is 0. The lowest BCUT2D eigenvalue weighted by atomic mass is 10.3. The van der Waals surface area contributed by atoms with E-state index in [0.717, 1.165) is 23.0 Å². The van der Waals surface area contributed by atoms with Gasteiger partial charge in [-0.25, -0.2) is 0 Å². The van der Waals surface area contributed by atoms with Crippen LogP contribution >= 0.6 is 11.6 Å². The largest absolute Gasteiger partial charge is 0.395 e. The van der Waals surface area contributed by atoms with Gasteiger partial charge in [-0.1, -0.05) is 11.6 Å². The minimum Gasteiger partial charge on any atom is -0.395 e. The number of halogens is 1. The molecule has 0 aromatic carbocycles. The Labute approximate surface area is 95.2 Å². The molecule has 1 aromatic heterocycles. The van der Waals surface area contributed by atoms with E-state index in [1.807, 2.05) is 25.5 Å². The lowest BCUT2D eigenvalue weighted by Crippen LogP contribution is -2.29. The number of nitrogens with zero attached hydrogens (tertiary/aromatic N) is 2. The normalized spacial score (nSPS) is 13.1. The van der Waals surface area contributed by atoms with Crippen LogP contribution in [0.3, 0.4) is 0 Å². The Hall–Kier alpha value is -0.580. The summed E-state index contributed by atoms with van der Waals surface area (Å²) in [6, 6.07) is 0.0709. The van der Waals surface area contributed by atoms with E-state index in [1.165, 1.54) is 0 Å². The van der Waals surface area contributed by atoms with Crippen molar-refractivity contribution in [1.29, 1.82) is 0 Å². The van der Waals surface area contributed by atoms with Gasteiger partial charge in [0, 0.05) is 19.1 Å². The number of hydrogen-bond donors (Lipinski definition) is 2. The quantitative estimate of drug-likeness (QED) is 0.804. The Morgan fingerprint density at radius 2 is 2.27 bits per heavy atom. The maximum atomic E-state index is 8.90. The maximum Gasteiger partial charge on any atom is 0.0860 e. The van der Waals surface area contributed by atoms with Gasteiger partial charge in [0.2, 0.25) is 0 Å². The minimum atomic E-state index is 0.0709. The van der Waals surface area contributed by atoms with E-state index in [2.05, 4.69) is 10.4 Å². The van der Waals surface area contributed by atoms with Crippen LogP contribution < -0.4 is 5.32 Å². The van der Waals surface area contributed by atoms with Gasteiger partial charge in [0.15, 0.2) is 0 Å². The van der Waals surface area contributed by atoms with Crippen molar-refractivity contribution >= 4 is 11.6 Å². The fraction of sp³-hybridized carbons (Fsp3) is 0.700. The van der Waals surface area contributed by atoms with Gasteiger partial charge in [-0.15, -0.1) is 0 Å². The summed E-state index contributed by atoms with van der Waals surface area (Å²) in [5, 5.41) is 17.1. The summed E-state index contributed by atoms with van der Waals surface area (Å²) in [6.45, 7) is 7.41. The van der Waals surface area contributed by atoms with Crippen molar-refractivity contribution in [3.05, 3.63) is 16.4 Å². The molecule has 0 saturated carbocycles. The van der Waals surface area contributed by atoms with Gasteiger partial charge >= 0.3 is 0 Å². The summed E-state index contributed by atoms with van der Waals surface area (Å²) in [7, 11) is 0. The van der Waals surface area contributed by atoms with E-state index in [1.54, 1.807) is 0 Å². The molecule has 1 heterocycles. The number of aryl methyl sites for hydroxylation is 2. The van der Waals surface area contributed by atoms with Crippen LogP contribution in [0.5, 0.6) is 0 Å². The third-order valence-corrected chi connectivity index (χ3v) is 2.84. The molecule has 1 aromatic rings. The number of aliphatic hydroxyl groups excluding tert-OH is 1. The molecule has 1 unspecified atom stereocenters. The van der Waals surface area contributed by atoms with E-state index in [9.17, 15) is 0 Å². The number of nitrogens with one attached hydrogen (secondary N) is 1. The predicted octanol–water partition coefficient (Wildman–Crippen LogP) is 1.34. The highest BCUT2D eigenvalue weighted by Crippen LogP contribution is 2.19. The smallest absolute Gasteiger partial charge is 0.0860 e. The first kappa shape index (κ1) is 12.5. The van der Waals surface area contributed by atoms with Crippen molar-refractivity contribution in [1.82, 2.24) is 15.1 Å². The highest BCUT2D eigenvalue weighted by Gasteiger charge is 2.12. The minimum absolute atomic E-state index is 0.0709. The topological polar surface area (TPSA) is 50.1 Å². The lowest BCUT2D eigenvalue weighted by Gasteiger charge is -2.11. The van der Waals surface area contributed by atoms with Gasteiger partial charge in [0.05, 0.1) is 23.0 Å². The number of aliphatic hydroxyl groups is 1. The molecule has 1 atom stereocenters. The second-order valence-electron chi connectivity index (χ2n) is 3.63. The van der Waals surface area contributed by atoms with Crippen LogP contribution in [0.4, 0.5) is 0 Å². The zero-order valence-electron chi connectivity index (χ0n) is 9.42. The number of aromatic nitrogens is 2. The van der Waals surface area contributed by atoms with E-state index >= 15 is 0 Å². The summed E-state index contributed by atoms with van der Waals surface area (Å²) >= 11 is 6.13. The van der Waals surface area contributed by atoms with Crippen molar-refractivity contribution in [2.75, 3.05) is 6.61 Å². The molecule has 0 aliphatic carbocycles. The van der Waals surface area contributed by atoms with Crippen LogP contribution in [-0.2, 0) is 13.1 Å². The molecule has 0 radical (unpaired) electrons. The molecule has 86 valence electrons. The first-order valence-corrected chi connectivity index (χ1v) is 5.54. The van der Waals surface area contributed by atoms with Crippen molar-refractivity contribution in [3.63, 3.8) is 0 Å². The number of hydrogen-bond acceptors (Lipinski definition) is 3. The second kappa shape index (κ2) is 5.49. The standard InChI is InChI=1S/C10H18ClN3O/c1-4-14-9(5-12-7(2)6-15)10(11)8(3)13-14/h7,12,15H,4-6H2,1-3H3. The fourth-order valence-corrected chi connectivity index (χ4v) is 1.58.